The molecule has 0 heterocycles. The first kappa shape index (κ1) is 9.37. The van der Waals surface area contributed by atoms with Crippen LogP contribution in [-0.2, 0) is 9.47 Å². The number of hydrogen-bond donors (Lipinski definition) is 1. The van der Waals surface area contributed by atoms with Gasteiger partial charge >= 0.3 is 0 Å². The number of ether oxygens (including phenoxy) is 2. The van der Waals surface area contributed by atoms with E-state index in [4.69, 9.17) is 10.00 Å². The van der Waals surface area contributed by atoms with Crippen LogP contribution in [0.25, 0.3) is 0 Å². The molecule has 0 radical (unpaired) electrons. The predicted molar refractivity (Wildman–Crippen MR) is 36.3 cm³/mol. The number of nitrogens with zero attached hydrogens (tertiary/aromatic N) is 1. The van der Waals surface area contributed by atoms with Gasteiger partial charge in [0.15, 0.2) is 0 Å². The van der Waals surface area contributed by atoms with Crippen LogP contribution in [-0.4, -0.2) is 33.6 Å². The Morgan fingerprint density at radius 3 is 3.00 bits per heavy atom. The first-order chi connectivity index (χ1) is 4.91. The van der Waals surface area contributed by atoms with Crippen molar-refractivity contribution in [3.05, 3.63) is 0 Å². The highest BCUT2D eigenvalue weighted by molar-refractivity contribution is 4.71. The Bertz CT molecular complexity index is 100. The Balaban J connectivity index is 2.72. The minimum atomic E-state index is 0.314. The Morgan fingerprint density at radius 2 is 2.40 bits per heavy atom. The predicted octanol–water partition coefficient (Wildman–Crippen LogP) is -0.280. The van der Waals surface area contributed by atoms with Crippen LogP contribution in [0.3, 0.4) is 0 Å². The minimum absolute atomic E-state index is 0.314. The zero-order chi connectivity index (χ0) is 7.66. The summed E-state index contributed by atoms with van der Waals surface area (Å²) in [5, 5.41) is 10.9. The minimum Gasteiger partial charge on any atom is -0.359 e. The molecule has 0 aliphatic heterocycles. The van der Waals surface area contributed by atoms with E-state index in [0.29, 0.717) is 26.5 Å². The van der Waals surface area contributed by atoms with Gasteiger partial charge in [0.2, 0.25) is 0 Å². The molecule has 1 N–H and O–H groups in total. The molecular formula is C6H12N2O2. The van der Waals surface area contributed by atoms with Gasteiger partial charge in [-0.05, 0) is 0 Å². The Hall–Kier alpha value is -0.630. The summed E-state index contributed by atoms with van der Waals surface area (Å²) in [7, 11) is 1.57. The van der Waals surface area contributed by atoms with Gasteiger partial charge < -0.3 is 14.8 Å². The highest BCUT2D eigenvalue weighted by atomic mass is 16.7. The number of nitrogens with one attached hydrogen (secondary N) is 1. The van der Waals surface area contributed by atoms with E-state index in [1.807, 2.05) is 6.07 Å². The molecule has 0 aromatic rings. The number of hydrogen-bond acceptors (Lipinski definition) is 4. The van der Waals surface area contributed by atoms with Gasteiger partial charge in [0.25, 0.3) is 0 Å². The van der Waals surface area contributed by atoms with Crippen molar-refractivity contribution in [3.63, 3.8) is 0 Å². The standard InChI is InChI=1S/C6H12N2O2/c1-9-6-10-5-4-8-3-2-7/h8H,3-6H2,1H3. The molecule has 0 saturated carbocycles. The summed E-state index contributed by atoms with van der Waals surface area (Å²) in [6.07, 6.45) is 0. The van der Waals surface area contributed by atoms with Gasteiger partial charge in [0, 0.05) is 13.7 Å². The van der Waals surface area contributed by atoms with Crippen LogP contribution in [0.15, 0.2) is 0 Å². The van der Waals surface area contributed by atoms with E-state index in [-0.39, 0.29) is 0 Å². The van der Waals surface area contributed by atoms with E-state index in [9.17, 15) is 0 Å². The fraction of sp³-hybridized carbons (Fsp3) is 0.833. The van der Waals surface area contributed by atoms with Crippen molar-refractivity contribution < 1.29 is 9.47 Å². The lowest BCUT2D eigenvalue weighted by molar-refractivity contribution is -0.0287. The monoisotopic (exact) mass is 144 g/mol. The van der Waals surface area contributed by atoms with Gasteiger partial charge in [-0.15, -0.1) is 0 Å². The smallest absolute Gasteiger partial charge is 0.146 e. The molecule has 0 amide bonds. The van der Waals surface area contributed by atoms with E-state index in [1.54, 1.807) is 7.11 Å². The lowest BCUT2D eigenvalue weighted by Gasteiger charge is -2.00. The number of methoxy groups -OCH3 is 1. The van der Waals surface area contributed by atoms with E-state index in [0.717, 1.165) is 0 Å². The summed E-state index contributed by atoms with van der Waals surface area (Å²) >= 11 is 0. The van der Waals surface area contributed by atoms with E-state index < -0.39 is 0 Å². The average Bonchev–Trinajstić information content (AvgIpc) is 1.97. The first-order valence-corrected chi connectivity index (χ1v) is 3.06. The highest BCUT2D eigenvalue weighted by Gasteiger charge is 1.84. The van der Waals surface area contributed by atoms with Gasteiger partial charge in [0.1, 0.15) is 6.79 Å². The summed E-state index contributed by atoms with van der Waals surface area (Å²) in [4.78, 5) is 0. The Labute approximate surface area is 60.7 Å². The lowest BCUT2D eigenvalue weighted by Crippen LogP contribution is -2.20. The largest absolute Gasteiger partial charge is 0.359 e. The SMILES string of the molecule is COCOCCNCC#N. The molecule has 0 aromatic heterocycles. The maximum atomic E-state index is 8.09. The number of rotatable bonds is 6. The van der Waals surface area contributed by atoms with Crippen LogP contribution in [0.2, 0.25) is 0 Å². The highest BCUT2D eigenvalue weighted by Crippen LogP contribution is 1.71. The summed E-state index contributed by atoms with van der Waals surface area (Å²) < 4.78 is 9.57. The maximum Gasteiger partial charge on any atom is 0.146 e. The molecule has 0 aliphatic rings. The molecule has 4 heteroatoms. The molecular weight excluding hydrogens is 132 g/mol. The summed E-state index contributed by atoms with van der Waals surface area (Å²) in [6, 6.07) is 1.96. The molecule has 0 rings (SSSR count). The zero-order valence-electron chi connectivity index (χ0n) is 6.09. The van der Waals surface area contributed by atoms with Gasteiger partial charge in [-0.1, -0.05) is 0 Å². The van der Waals surface area contributed by atoms with Crippen molar-refractivity contribution >= 4 is 0 Å². The molecule has 0 atom stereocenters. The third-order valence-corrected chi connectivity index (χ3v) is 0.828. The molecule has 0 saturated heterocycles. The van der Waals surface area contributed by atoms with Gasteiger partial charge in [-0.3, -0.25) is 0 Å². The van der Waals surface area contributed by atoms with Crippen molar-refractivity contribution in [3.8, 4) is 6.07 Å². The second kappa shape index (κ2) is 8.37. The molecule has 0 aliphatic carbocycles. The molecule has 0 bridgehead atoms. The second-order valence-corrected chi connectivity index (χ2v) is 1.65. The molecule has 0 spiro atoms. The van der Waals surface area contributed by atoms with Crippen molar-refractivity contribution in [2.24, 2.45) is 0 Å². The van der Waals surface area contributed by atoms with E-state index in [2.05, 4.69) is 10.1 Å². The summed E-state index contributed by atoms with van der Waals surface area (Å²) in [6.45, 7) is 1.96. The number of nitriles is 1. The Morgan fingerprint density at radius 1 is 1.60 bits per heavy atom. The lowest BCUT2D eigenvalue weighted by atomic mass is 10.6. The van der Waals surface area contributed by atoms with Crippen molar-refractivity contribution in [1.29, 1.82) is 5.26 Å². The van der Waals surface area contributed by atoms with Crippen molar-refractivity contribution in [2.45, 2.75) is 0 Å². The van der Waals surface area contributed by atoms with Crippen LogP contribution >= 0.6 is 0 Å². The fourth-order valence-corrected chi connectivity index (χ4v) is 0.431. The molecule has 0 unspecified atom stereocenters. The fourth-order valence-electron chi connectivity index (χ4n) is 0.431. The van der Waals surface area contributed by atoms with Crippen LogP contribution < -0.4 is 5.32 Å². The molecule has 58 valence electrons. The first-order valence-electron chi connectivity index (χ1n) is 3.06. The Kier molecular flexibility index (Phi) is 7.84. The average molecular weight is 144 g/mol. The van der Waals surface area contributed by atoms with Gasteiger partial charge in [-0.25, -0.2) is 0 Å². The van der Waals surface area contributed by atoms with E-state index >= 15 is 0 Å². The summed E-state index contributed by atoms with van der Waals surface area (Å²) in [5.41, 5.74) is 0. The van der Waals surface area contributed by atoms with Crippen LogP contribution in [0.1, 0.15) is 0 Å². The van der Waals surface area contributed by atoms with Gasteiger partial charge in [-0.2, -0.15) is 5.26 Å². The third-order valence-electron chi connectivity index (χ3n) is 0.828. The quantitative estimate of drug-likeness (QED) is 0.316. The van der Waals surface area contributed by atoms with Gasteiger partial charge in [0.05, 0.1) is 19.2 Å². The second-order valence-electron chi connectivity index (χ2n) is 1.65. The normalized spacial score (nSPS) is 9.20. The van der Waals surface area contributed by atoms with E-state index in [1.165, 1.54) is 0 Å². The van der Waals surface area contributed by atoms with Crippen LogP contribution in [0, 0.1) is 11.3 Å². The molecule has 10 heavy (non-hydrogen) atoms. The topological polar surface area (TPSA) is 54.3 Å². The molecule has 4 nitrogen and oxygen atoms in total. The van der Waals surface area contributed by atoms with Crippen LogP contribution in [0.4, 0.5) is 0 Å². The van der Waals surface area contributed by atoms with Crippen LogP contribution in [0.5, 0.6) is 0 Å². The maximum absolute atomic E-state index is 8.09. The summed E-state index contributed by atoms with van der Waals surface area (Å²) in [5.74, 6) is 0. The molecule has 0 fully saturated rings. The third kappa shape index (κ3) is 7.37. The zero-order valence-corrected chi connectivity index (χ0v) is 6.09. The van der Waals surface area contributed by atoms with Crippen molar-refractivity contribution in [1.82, 2.24) is 5.32 Å². The van der Waals surface area contributed by atoms with Crippen molar-refractivity contribution in [2.75, 3.05) is 33.6 Å². The molecule has 0 aromatic carbocycles.